The van der Waals surface area contributed by atoms with Gasteiger partial charge in [0.1, 0.15) is 12.1 Å². The Morgan fingerprint density at radius 3 is 2.68 bits per heavy atom. The van der Waals surface area contributed by atoms with E-state index in [4.69, 9.17) is 0 Å². The van der Waals surface area contributed by atoms with Gasteiger partial charge >= 0.3 is 6.03 Å². The fourth-order valence-electron chi connectivity index (χ4n) is 4.61. The number of carbonyl (C=O) groups excluding carboxylic acids is 1. The van der Waals surface area contributed by atoms with E-state index in [1.165, 1.54) is 0 Å². The zero-order valence-corrected chi connectivity index (χ0v) is 21.5. The summed E-state index contributed by atoms with van der Waals surface area (Å²) in [5.41, 5.74) is 6.71. The summed E-state index contributed by atoms with van der Waals surface area (Å²) in [6, 6.07) is 11.7. The van der Waals surface area contributed by atoms with Crippen LogP contribution < -0.4 is 10.6 Å². The number of aryl methyl sites for hydroxylation is 1. The molecule has 5 aromatic rings. The molecule has 6 rings (SSSR count). The van der Waals surface area contributed by atoms with E-state index in [0.29, 0.717) is 24.6 Å². The van der Waals surface area contributed by atoms with Crippen LogP contribution in [0.15, 0.2) is 54.4 Å². The van der Waals surface area contributed by atoms with E-state index < -0.39 is 0 Å². The highest BCUT2D eigenvalue weighted by molar-refractivity contribution is 7.16. The number of piperazine rings is 1. The van der Waals surface area contributed by atoms with Gasteiger partial charge in [-0.3, -0.25) is 4.68 Å². The van der Waals surface area contributed by atoms with Gasteiger partial charge < -0.3 is 20.4 Å². The molecule has 0 atom stereocenters. The number of hydrogen-bond donors (Lipinski definition) is 2. The summed E-state index contributed by atoms with van der Waals surface area (Å²) >= 11 is 1.59. The number of urea groups is 1. The number of anilines is 3. The first-order valence-electron chi connectivity index (χ1n) is 12.2. The first kappa shape index (κ1) is 23.3. The Bertz CT molecular complexity index is 1590. The Labute approximate surface area is 218 Å². The molecule has 3 aromatic heterocycles. The summed E-state index contributed by atoms with van der Waals surface area (Å²) in [6.45, 7) is 6.29. The quantitative estimate of drug-likeness (QED) is 0.355. The Hall–Kier alpha value is -4.09. The molecule has 0 bridgehead atoms. The van der Waals surface area contributed by atoms with E-state index in [0.717, 1.165) is 57.7 Å². The minimum absolute atomic E-state index is 0.116. The van der Waals surface area contributed by atoms with Crippen molar-refractivity contribution in [3.05, 3.63) is 54.4 Å². The van der Waals surface area contributed by atoms with Crippen molar-refractivity contribution in [2.24, 2.45) is 7.05 Å². The molecule has 37 heavy (non-hydrogen) atoms. The standard InChI is InChI=1S/C26H27N9OS/c1-3-34-8-10-35(11-9-34)26(36)31-23-14-19-22(13-18(23)20-6-7-33(2)32-20)27-15-28-25(19)30-17-4-5-21-24(12-17)37-16-29-21/h4-7,12-16H,3,8-11H2,1-2H3,(H,31,36)(H,27,28,30). The zero-order chi connectivity index (χ0) is 25.4. The normalized spacial score (nSPS) is 14.4. The van der Waals surface area contributed by atoms with Gasteiger partial charge in [0.15, 0.2) is 0 Å². The summed E-state index contributed by atoms with van der Waals surface area (Å²) in [6.07, 6.45) is 3.43. The van der Waals surface area contributed by atoms with Gasteiger partial charge in [-0.15, -0.1) is 11.3 Å². The minimum atomic E-state index is -0.116. The van der Waals surface area contributed by atoms with Crippen molar-refractivity contribution >= 4 is 55.7 Å². The lowest BCUT2D eigenvalue weighted by atomic mass is 10.1. The molecule has 0 aliphatic carbocycles. The average molecular weight is 514 g/mol. The van der Waals surface area contributed by atoms with E-state index in [-0.39, 0.29) is 6.03 Å². The van der Waals surface area contributed by atoms with Crippen molar-refractivity contribution < 1.29 is 4.79 Å². The Kier molecular flexibility index (Phi) is 6.15. The van der Waals surface area contributed by atoms with Crippen molar-refractivity contribution in [2.75, 3.05) is 43.4 Å². The van der Waals surface area contributed by atoms with Crippen LogP contribution in [0.5, 0.6) is 0 Å². The predicted octanol–water partition coefficient (Wildman–Crippen LogP) is 4.55. The highest BCUT2D eigenvalue weighted by Gasteiger charge is 2.22. The van der Waals surface area contributed by atoms with Crippen molar-refractivity contribution in [1.29, 1.82) is 0 Å². The second-order valence-electron chi connectivity index (χ2n) is 9.02. The van der Waals surface area contributed by atoms with Gasteiger partial charge in [-0.25, -0.2) is 19.7 Å². The van der Waals surface area contributed by atoms with Crippen molar-refractivity contribution in [3.8, 4) is 11.3 Å². The number of nitrogens with one attached hydrogen (secondary N) is 2. The maximum absolute atomic E-state index is 13.3. The monoisotopic (exact) mass is 513 g/mol. The number of rotatable bonds is 5. The SMILES string of the molecule is CCN1CCN(C(=O)Nc2cc3c(Nc4ccc5ncsc5c4)ncnc3cc2-c2ccn(C)n2)CC1. The topological polar surface area (TPSA) is 104 Å². The van der Waals surface area contributed by atoms with Gasteiger partial charge in [0.05, 0.1) is 32.6 Å². The molecule has 2 aromatic carbocycles. The summed E-state index contributed by atoms with van der Waals surface area (Å²) in [5, 5.41) is 12.0. The van der Waals surface area contributed by atoms with E-state index in [1.807, 2.05) is 54.0 Å². The molecule has 0 spiro atoms. The molecule has 2 amide bonds. The fraction of sp³-hybridized carbons (Fsp3) is 0.269. The van der Waals surface area contributed by atoms with Crippen LogP contribution in [0.25, 0.3) is 32.4 Å². The molecule has 0 radical (unpaired) electrons. The smallest absolute Gasteiger partial charge is 0.321 e. The molecule has 4 heterocycles. The van der Waals surface area contributed by atoms with E-state index in [2.05, 4.69) is 48.6 Å². The summed E-state index contributed by atoms with van der Waals surface area (Å²) in [4.78, 5) is 30.9. The van der Waals surface area contributed by atoms with Gasteiger partial charge in [0, 0.05) is 56.1 Å². The first-order chi connectivity index (χ1) is 18.1. The minimum Gasteiger partial charge on any atom is -0.340 e. The molecule has 11 heteroatoms. The van der Waals surface area contributed by atoms with E-state index in [9.17, 15) is 4.79 Å². The third-order valence-corrected chi connectivity index (χ3v) is 7.50. The Morgan fingerprint density at radius 1 is 1.03 bits per heavy atom. The van der Waals surface area contributed by atoms with Crippen LogP contribution in [0.4, 0.5) is 22.0 Å². The number of nitrogens with zero attached hydrogens (tertiary/aromatic N) is 7. The van der Waals surface area contributed by atoms with Crippen molar-refractivity contribution in [2.45, 2.75) is 6.92 Å². The molecule has 188 valence electrons. The van der Waals surface area contributed by atoms with E-state index >= 15 is 0 Å². The van der Waals surface area contributed by atoms with Gasteiger partial charge in [-0.2, -0.15) is 5.10 Å². The molecular formula is C26H27N9OS. The lowest BCUT2D eigenvalue weighted by Crippen LogP contribution is -2.49. The number of thiazole rings is 1. The number of benzene rings is 2. The van der Waals surface area contributed by atoms with Gasteiger partial charge in [-0.1, -0.05) is 6.92 Å². The third-order valence-electron chi connectivity index (χ3n) is 6.71. The zero-order valence-electron chi connectivity index (χ0n) is 20.7. The molecule has 0 saturated carbocycles. The van der Waals surface area contributed by atoms with Crippen LogP contribution in [-0.2, 0) is 7.05 Å². The number of fused-ring (bicyclic) bond motifs is 2. The Balaban J connectivity index is 1.37. The Morgan fingerprint density at radius 2 is 1.89 bits per heavy atom. The van der Waals surface area contributed by atoms with Crippen LogP contribution in [0.3, 0.4) is 0 Å². The number of hydrogen-bond acceptors (Lipinski definition) is 8. The highest BCUT2D eigenvalue weighted by atomic mass is 32.1. The van der Waals surface area contributed by atoms with Crippen LogP contribution in [0.1, 0.15) is 6.92 Å². The first-order valence-corrected chi connectivity index (χ1v) is 13.1. The molecule has 0 unspecified atom stereocenters. The number of amides is 2. The predicted molar refractivity (Wildman–Crippen MR) is 147 cm³/mol. The number of likely N-dealkylation sites (N-methyl/N-ethyl adjacent to an activating group) is 1. The van der Waals surface area contributed by atoms with Crippen LogP contribution in [0.2, 0.25) is 0 Å². The molecule has 1 aliphatic heterocycles. The summed E-state index contributed by atoms with van der Waals surface area (Å²) in [5.74, 6) is 0.661. The molecule has 1 saturated heterocycles. The van der Waals surface area contributed by atoms with Gasteiger partial charge in [0.2, 0.25) is 0 Å². The number of carbonyl (C=O) groups is 1. The third kappa shape index (κ3) is 4.70. The average Bonchev–Trinajstić information content (AvgIpc) is 3.57. The van der Waals surface area contributed by atoms with Crippen LogP contribution >= 0.6 is 11.3 Å². The maximum Gasteiger partial charge on any atom is 0.321 e. The van der Waals surface area contributed by atoms with Crippen molar-refractivity contribution in [3.63, 3.8) is 0 Å². The van der Waals surface area contributed by atoms with E-state index in [1.54, 1.807) is 22.3 Å². The fourth-order valence-corrected chi connectivity index (χ4v) is 5.32. The summed E-state index contributed by atoms with van der Waals surface area (Å²) in [7, 11) is 1.88. The van der Waals surface area contributed by atoms with Crippen LogP contribution in [-0.4, -0.2) is 73.3 Å². The molecule has 2 N–H and O–H groups in total. The molecule has 1 fully saturated rings. The second kappa shape index (κ2) is 9.75. The highest BCUT2D eigenvalue weighted by Crippen LogP contribution is 2.34. The summed E-state index contributed by atoms with van der Waals surface area (Å²) < 4.78 is 2.84. The van der Waals surface area contributed by atoms with Gasteiger partial charge in [0.25, 0.3) is 0 Å². The van der Waals surface area contributed by atoms with Crippen molar-refractivity contribution in [1.82, 2.24) is 34.5 Å². The molecular weight excluding hydrogens is 486 g/mol. The second-order valence-corrected chi connectivity index (χ2v) is 9.91. The lowest BCUT2D eigenvalue weighted by Gasteiger charge is -2.34. The molecule has 1 aliphatic rings. The van der Waals surface area contributed by atoms with Gasteiger partial charge in [-0.05, 0) is 42.9 Å². The lowest BCUT2D eigenvalue weighted by molar-refractivity contribution is 0.151. The maximum atomic E-state index is 13.3. The largest absolute Gasteiger partial charge is 0.340 e. The van der Waals surface area contributed by atoms with Crippen LogP contribution in [0, 0.1) is 0 Å². The molecule has 10 nitrogen and oxygen atoms in total. The number of aromatic nitrogens is 5.